The average Bonchev–Trinajstić information content (AvgIpc) is 3.06. The normalized spacial score (nSPS) is 22.7. The van der Waals surface area contributed by atoms with Crippen molar-refractivity contribution in [3.63, 3.8) is 0 Å². The van der Waals surface area contributed by atoms with Gasteiger partial charge in [0.2, 0.25) is 0 Å². The van der Waals surface area contributed by atoms with Gasteiger partial charge in [0.25, 0.3) is 11.8 Å². The van der Waals surface area contributed by atoms with Crippen LogP contribution < -0.4 is 15.5 Å². The fraction of sp³-hybridized carbons (Fsp3) is 0.350. The van der Waals surface area contributed by atoms with Gasteiger partial charge in [-0.2, -0.15) is 5.10 Å². The number of fused-ring (bicyclic) bond motifs is 1. The highest BCUT2D eigenvalue weighted by Crippen LogP contribution is 2.44. The minimum absolute atomic E-state index is 0.0329. The van der Waals surface area contributed by atoms with Gasteiger partial charge in [-0.1, -0.05) is 11.6 Å². The molecule has 3 heterocycles. The molecule has 0 amide bonds. The number of hydrogen-bond acceptors (Lipinski definition) is 4. The number of benzene rings is 1. The Morgan fingerprint density at radius 3 is 2.59 bits per heavy atom. The van der Waals surface area contributed by atoms with Gasteiger partial charge < -0.3 is 15.5 Å². The number of aromatic nitrogens is 3. The quantitative estimate of drug-likeness (QED) is 0.375. The van der Waals surface area contributed by atoms with Crippen LogP contribution >= 0.6 is 23.8 Å². The fourth-order valence-electron chi connectivity index (χ4n) is 3.94. The van der Waals surface area contributed by atoms with Crippen LogP contribution in [0.15, 0.2) is 30.5 Å². The van der Waals surface area contributed by atoms with E-state index < -0.39 is 48.5 Å². The molecule has 3 aromatic rings. The Hall–Kier alpha value is -2.80. The maximum absolute atomic E-state index is 14.4. The molecule has 2 fully saturated rings. The zero-order valence-corrected chi connectivity index (χ0v) is 18.6. The second-order valence-electron chi connectivity index (χ2n) is 8.21. The van der Waals surface area contributed by atoms with Crippen LogP contribution in [0.5, 0.6) is 0 Å². The fourth-order valence-corrected chi connectivity index (χ4v) is 4.40. The summed E-state index contributed by atoms with van der Waals surface area (Å²) in [6, 6.07) is 1.76. The lowest BCUT2D eigenvalue weighted by atomic mass is 10.0. The van der Waals surface area contributed by atoms with E-state index in [4.69, 9.17) is 23.8 Å². The molecule has 1 saturated heterocycles. The predicted molar refractivity (Wildman–Crippen MR) is 117 cm³/mol. The number of anilines is 2. The van der Waals surface area contributed by atoms with Crippen molar-refractivity contribution < 1.29 is 26.3 Å². The van der Waals surface area contributed by atoms with E-state index in [1.807, 2.05) is 0 Å². The highest BCUT2D eigenvalue weighted by molar-refractivity contribution is 7.80. The summed E-state index contributed by atoms with van der Waals surface area (Å²) in [5, 5.41) is 8.93. The highest BCUT2D eigenvalue weighted by Gasteiger charge is 2.57. The van der Waals surface area contributed by atoms with Gasteiger partial charge in [-0.15, -0.1) is 0 Å². The number of nitrogens with zero attached hydrogens (tertiary/aromatic N) is 4. The summed E-state index contributed by atoms with van der Waals surface area (Å²) in [5.41, 5.74) is -0.0770. The van der Waals surface area contributed by atoms with E-state index in [-0.39, 0.29) is 39.4 Å². The van der Waals surface area contributed by atoms with Crippen LogP contribution in [0.25, 0.3) is 5.65 Å². The van der Waals surface area contributed by atoms with E-state index in [0.29, 0.717) is 0 Å². The Bertz CT molecular complexity index is 1300. The Kier molecular flexibility index (Phi) is 5.32. The van der Waals surface area contributed by atoms with E-state index in [9.17, 15) is 26.3 Å². The first-order chi connectivity index (χ1) is 15.9. The number of hydrogen-bond donors (Lipinski definition) is 2. The third-order valence-electron chi connectivity index (χ3n) is 5.68. The summed E-state index contributed by atoms with van der Waals surface area (Å²) in [4.78, 5) is 5.51. The molecular formula is C20H15ClF6N6S. The Labute approximate surface area is 198 Å². The molecule has 1 aliphatic heterocycles. The molecule has 14 heteroatoms. The molecule has 2 N–H and O–H groups in total. The molecule has 2 atom stereocenters. The summed E-state index contributed by atoms with van der Waals surface area (Å²) >= 11 is 11.2. The molecule has 34 heavy (non-hydrogen) atoms. The number of halogens is 7. The molecule has 2 aromatic heterocycles. The lowest BCUT2D eigenvalue weighted by Crippen LogP contribution is -2.33. The largest absolute Gasteiger partial charge is 0.353 e. The first-order valence-corrected chi connectivity index (χ1v) is 10.8. The summed E-state index contributed by atoms with van der Waals surface area (Å²) in [7, 11) is 0. The second-order valence-corrected chi connectivity index (χ2v) is 8.97. The first-order valence-electron chi connectivity index (χ1n) is 10.0. The van der Waals surface area contributed by atoms with Crippen LogP contribution in [-0.2, 0) is 0 Å². The molecule has 5 rings (SSSR count). The van der Waals surface area contributed by atoms with Crippen LogP contribution in [-0.4, -0.2) is 44.1 Å². The van der Waals surface area contributed by atoms with Gasteiger partial charge in [0.15, 0.2) is 15.9 Å². The molecule has 1 aromatic carbocycles. The van der Waals surface area contributed by atoms with Crippen LogP contribution in [0.4, 0.5) is 37.8 Å². The van der Waals surface area contributed by atoms with Gasteiger partial charge in [-0.05, 0) is 36.5 Å². The lowest BCUT2D eigenvalue weighted by Gasteiger charge is -2.25. The van der Waals surface area contributed by atoms with Crippen molar-refractivity contribution in [3.05, 3.63) is 52.8 Å². The molecule has 6 nitrogen and oxygen atoms in total. The molecule has 0 bridgehead atoms. The lowest BCUT2D eigenvalue weighted by molar-refractivity contribution is 0.0221. The first kappa shape index (κ1) is 23.0. The summed E-state index contributed by atoms with van der Waals surface area (Å²) in [6.07, 6.45) is 0.297. The highest BCUT2D eigenvalue weighted by atomic mass is 35.5. The zero-order valence-electron chi connectivity index (χ0n) is 17.0. The van der Waals surface area contributed by atoms with Crippen molar-refractivity contribution >= 4 is 46.1 Å². The maximum Gasteiger partial charge on any atom is 0.270 e. The van der Waals surface area contributed by atoms with Crippen LogP contribution in [0, 0.1) is 11.6 Å². The smallest absolute Gasteiger partial charge is 0.270 e. The van der Waals surface area contributed by atoms with Gasteiger partial charge in [0.1, 0.15) is 23.1 Å². The monoisotopic (exact) mass is 520 g/mol. The zero-order chi connectivity index (χ0) is 24.4. The van der Waals surface area contributed by atoms with E-state index in [0.717, 1.165) is 18.2 Å². The van der Waals surface area contributed by atoms with Crippen molar-refractivity contribution in [1.82, 2.24) is 19.9 Å². The van der Waals surface area contributed by atoms with Crippen LogP contribution in [0.2, 0.25) is 5.15 Å². The van der Waals surface area contributed by atoms with E-state index in [1.165, 1.54) is 21.7 Å². The van der Waals surface area contributed by atoms with Gasteiger partial charge in [-0.3, -0.25) is 0 Å². The van der Waals surface area contributed by atoms with Crippen molar-refractivity contribution in [2.45, 2.75) is 36.8 Å². The summed E-state index contributed by atoms with van der Waals surface area (Å²) in [6.45, 7) is -0.780. The van der Waals surface area contributed by atoms with E-state index in [2.05, 4.69) is 20.7 Å². The van der Waals surface area contributed by atoms with Gasteiger partial charge in [0.05, 0.1) is 18.6 Å². The van der Waals surface area contributed by atoms with Crippen LogP contribution in [0.3, 0.4) is 0 Å². The van der Waals surface area contributed by atoms with Gasteiger partial charge in [0, 0.05) is 24.6 Å². The van der Waals surface area contributed by atoms with Crippen molar-refractivity contribution in [3.8, 4) is 0 Å². The Morgan fingerprint density at radius 1 is 1.15 bits per heavy atom. The molecule has 1 aliphatic carbocycles. The standard InChI is InChI=1S/C20H15ClF6N6S/c21-16-15(30-18(34)28-13-7-20(13,26)27)17-29-14(3-4-33(17)31-16)32-8-19(24,25)6-12(32)10-5-9(22)1-2-11(10)23/h1-5,12-13H,6-8H2,(H2,28,30,34)/t12-,13?/m1/s1. The molecule has 180 valence electrons. The second kappa shape index (κ2) is 7.87. The van der Waals surface area contributed by atoms with E-state index in [1.54, 1.807) is 0 Å². The summed E-state index contributed by atoms with van der Waals surface area (Å²) < 4.78 is 84.5. The summed E-state index contributed by atoms with van der Waals surface area (Å²) in [5.74, 6) is -7.59. The minimum atomic E-state index is -3.18. The van der Waals surface area contributed by atoms with E-state index >= 15 is 0 Å². The third kappa shape index (κ3) is 4.22. The average molecular weight is 521 g/mol. The molecule has 1 unspecified atom stereocenters. The number of alkyl halides is 4. The molecule has 2 aliphatic rings. The topological polar surface area (TPSA) is 57.5 Å². The van der Waals surface area contributed by atoms with Crippen molar-refractivity contribution in [2.75, 3.05) is 16.8 Å². The Morgan fingerprint density at radius 2 is 1.88 bits per heavy atom. The molecule has 1 saturated carbocycles. The minimum Gasteiger partial charge on any atom is -0.353 e. The number of nitrogens with one attached hydrogen (secondary N) is 2. The molecule has 0 radical (unpaired) electrons. The maximum atomic E-state index is 14.4. The third-order valence-corrected chi connectivity index (χ3v) is 6.16. The Balaban J connectivity index is 1.48. The van der Waals surface area contributed by atoms with Crippen molar-refractivity contribution in [2.24, 2.45) is 0 Å². The van der Waals surface area contributed by atoms with Crippen LogP contribution in [0.1, 0.15) is 24.4 Å². The van der Waals surface area contributed by atoms with Gasteiger partial charge in [-0.25, -0.2) is 35.8 Å². The van der Waals surface area contributed by atoms with Crippen molar-refractivity contribution in [1.29, 1.82) is 0 Å². The SMILES string of the molecule is Fc1ccc(F)c([C@H]2CC(F)(F)CN2c2ccn3nc(Cl)c(NC(=S)NC4CC4(F)F)c3n2)c1. The molecule has 0 spiro atoms. The molecular weight excluding hydrogens is 506 g/mol. The van der Waals surface area contributed by atoms with Gasteiger partial charge >= 0.3 is 0 Å². The number of rotatable bonds is 4. The number of thiocarbonyl (C=S) groups is 1. The predicted octanol–water partition coefficient (Wildman–Crippen LogP) is 4.94.